The smallest absolute Gasteiger partial charge is 0.270 e. The van der Waals surface area contributed by atoms with Crippen molar-refractivity contribution in [1.29, 1.82) is 0 Å². The minimum Gasteiger partial charge on any atom is -0.455 e. The Hall–Kier alpha value is -3.60. The van der Waals surface area contributed by atoms with E-state index in [1.165, 1.54) is 18.3 Å². The quantitative estimate of drug-likeness (QED) is 0.381. The first-order valence-corrected chi connectivity index (χ1v) is 8.07. The molecule has 1 aromatic carbocycles. The molecule has 0 aliphatic heterocycles. The van der Waals surface area contributed by atoms with Crippen LogP contribution < -0.4 is 11.2 Å². The molecule has 0 spiro atoms. The standard InChI is InChI=1S/C15H12N6O4S/c16-15-20-19-14(26-15)7-13(22)18-17-8-11-4-5-12(25-11)9-2-1-3-10(6-9)21(23)24/h1-6,8H,7H2,(H2,16,20)(H,18,22)/b17-8-. The molecule has 26 heavy (non-hydrogen) atoms. The maximum Gasteiger partial charge on any atom is 0.270 e. The number of anilines is 1. The summed E-state index contributed by atoms with van der Waals surface area (Å²) in [6.45, 7) is 0. The Morgan fingerprint density at radius 1 is 1.38 bits per heavy atom. The predicted octanol–water partition coefficient (Wildman–Crippen LogP) is 1.98. The monoisotopic (exact) mass is 372 g/mol. The summed E-state index contributed by atoms with van der Waals surface area (Å²) >= 11 is 1.13. The van der Waals surface area contributed by atoms with Gasteiger partial charge in [0.05, 0.1) is 17.6 Å². The molecule has 3 aromatic rings. The van der Waals surface area contributed by atoms with Gasteiger partial charge in [-0.2, -0.15) is 5.10 Å². The lowest BCUT2D eigenvalue weighted by molar-refractivity contribution is -0.384. The molecule has 132 valence electrons. The molecule has 1 amide bonds. The van der Waals surface area contributed by atoms with Gasteiger partial charge in [0.1, 0.15) is 16.5 Å². The SMILES string of the molecule is Nc1nnc(CC(=O)N/N=C\c2ccc(-c3cccc([N+](=O)[O-])c3)o2)s1. The zero-order valence-corrected chi connectivity index (χ0v) is 14.0. The number of nitro groups is 1. The Labute approximate surface area is 150 Å². The number of nitro benzene ring substituents is 1. The van der Waals surface area contributed by atoms with E-state index in [2.05, 4.69) is 20.7 Å². The van der Waals surface area contributed by atoms with E-state index in [9.17, 15) is 14.9 Å². The lowest BCUT2D eigenvalue weighted by Gasteiger charge is -1.97. The number of hydrogen-bond acceptors (Lipinski definition) is 9. The van der Waals surface area contributed by atoms with Crippen molar-refractivity contribution in [3.63, 3.8) is 0 Å². The zero-order valence-electron chi connectivity index (χ0n) is 13.2. The highest BCUT2D eigenvalue weighted by Gasteiger charge is 2.10. The van der Waals surface area contributed by atoms with Crippen LogP contribution in [0.4, 0.5) is 10.8 Å². The number of aromatic nitrogens is 2. The van der Waals surface area contributed by atoms with Gasteiger partial charge in [0.15, 0.2) is 0 Å². The van der Waals surface area contributed by atoms with E-state index in [4.69, 9.17) is 10.2 Å². The third-order valence-corrected chi connectivity index (χ3v) is 3.90. The molecule has 10 nitrogen and oxygen atoms in total. The summed E-state index contributed by atoms with van der Waals surface area (Å²) in [7, 11) is 0. The molecule has 2 aromatic heterocycles. The second kappa shape index (κ2) is 7.53. The molecule has 11 heteroatoms. The molecular formula is C15H12N6O4S. The lowest BCUT2D eigenvalue weighted by Crippen LogP contribution is -2.19. The van der Waals surface area contributed by atoms with E-state index >= 15 is 0 Å². The summed E-state index contributed by atoms with van der Waals surface area (Å²) in [4.78, 5) is 22.1. The van der Waals surface area contributed by atoms with E-state index in [1.54, 1.807) is 24.3 Å². The maximum atomic E-state index is 11.7. The van der Waals surface area contributed by atoms with E-state index in [1.807, 2.05) is 0 Å². The van der Waals surface area contributed by atoms with Crippen molar-refractivity contribution in [2.24, 2.45) is 5.10 Å². The number of hydrogen-bond donors (Lipinski definition) is 2. The summed E-state index contributed by atoms with van der Waals surface area (Å²) in [6, 6.07) is 9.37. The van der Waals surface area contributed by atoms with Crippen LogP contribution in [0.1, 0.15) is 10.8 Å². The van der Waals surface area contributed by atoms with E-state index in [0.717, 1.165) is 11.3 Å². The van der Waals surface area contributed by atoms with E-state index in [0.29, 0.717) is 27.2 Å². The van der Waals surface area contributed by atoms with Gasteiger partial charge < -0.3 is 10.2 Å². The van der Waals surface area contributed by atoms with Crippen LogP contribution in [0.2, 0.25) is 0 Å². The molecular weight excluding hydrogens is 360 g/mol. The number of carbonyl (C=O) groups excluding carboxylic acids is 1. The lowest BCUT2D eigenvalue weighted by atomic mass is 10.1. The van der Waals surface area contributed by atoms with Crippen LogP contribution in [-0.4, -0.2) is 27.2 Å². The van der Waals surface area contributed by atoms with Crippen LogP contribution in [0.15, 0.2) is 45.9 Å². The highest BCUT2D eigenvalue weighted by atomic mass is 32.1. The van der Waals surface area contributed by atoms with Crippen molar-refractivity contribution in [1.82, 2.24) is 15.6 Å². The van der Waals surface area contributed by atoms with Gasteiger partial charge in [0.25, 0.3) is 5.69 Å². The molecule has 0 saturated heterocycles. The number of nitrogens with two attached hydrogens (primary N) is 1. The summed E-state index contributed by atoms with van der Waals surface area (Å²) in [5, 5.41) is 22.8. The van der Waals surface area contributed by atoms with E-state index < -0.39 is 4.92 Å². The molecule has 0 radical (unpaired) electrons. The minimum absolute atomic E-state index is 0.0172. The predicted molar refractivity (Wildman–Crippen MR) is 94.6 cm³/mol. The molecule has 0 fully saturated rings. The van der Waals surface area contributed by atoms with Crippen LogP contribution in [0.3, 0.4) is 0 Å². The Morgan fingerprint density at radius 2 is 2.23 bits per heavy atom. The van der Waals surface area contributed by atoms with Crippen LogP contribution >= 0.6 is 11.3 Å². The van der Waals surface area contributed by atoms with Gasteiger partial charge in [-0.3, -0.25) is 14.9 Å². The fraction of sp³-hybridized carbons (Fsp3) is 0.0667. The molecule has 3 N–H and O–H groups in total. The van der Waals surface area contributed by atoms with Gasteiger partial charge in [-0.15, -0.1) is 10.2 Å². The van der Waals surface area contributed by atoms with Gasteiger partial charge in [0.2, 0.25) is 11.0 Å². The van der Waals surface area contributed by atoms with Crippen LogP contribution in [0.5, 0.6) is 0 Å². The number of rotatable bonds is 6. The van der Waals surface area contributed by atoms with Crippen molar-refractivity contribution in [3.8, 4) is 11.3 Å². The summed E-state index contributed by atoms with van der Waals surface area (Å²) in [5.74, 6) is 0.459. The molecule has 3 rings (SSSR count). The number of benzene rings is 1. The summed E-state index contributed by atoms with van der Waals surface area (Å²) in [5.41, 5.74) is 8.32. The first kappa shape index (κ1) is 17.2. The Balaban J connectivity index is 1.61. The van der Waals surface area contributed by atoms with Gasteiger partial charge in [0, 0.05) is 17.7 Å². The Morgan fingerprint density at radius 3 is 2.96 bits per heavy atom. The molecule has 0 atom stereocenters. The van der Waals surface area contributed by atoms with E-state index in [-0.39, 0.29) is 18.0 Å². The average molecular weight is 372 g/mol. The van der Waals surface area contributed by atoms with Crippen LogP contribution in [-0.2, 0) is 11.2 Å². The van der Waals surface area contributed by atoms with Crippen molar-refractivity contribution in [3.05, 3.63) is 57.3 Å². The number of nitrogen functional groups attached to an aromatic ring is 1. The number of carbonyl (C=O) groups is 1. The largest absolute Gasteiger partial charge is 0.455 e. The molecule has 0 aliphatic carbocycles. The maximum absolute atomic E-state index is 11.7. The van der Waals surface area contributed by atoms with Gasteiger partial charge in [-0.05, 0) is 12.1 Å². The summed E-state index contributed by atoms with van der Waals surface area (Å²) < 4.78 is 5.55. The molecule has 0 bridgehead atoms. The minimum atomic E-state index is -0.476. The van der Waals surface area contributed by atoms with Gasteiger partial charge in [-0.1, -0.05) is 23.5 Å². The van der Waals surface area contributed by atoms with Crippen molar-refractivity contribution >= 4 is 34.3 Å². The number of nitrogens with one attached hydrogen (secondary N) is 1. The number of non-ortho nitro benzene ring substituents is 1. The van der Waals surface area contributed by atoms with Crippen LogP contribution in [0.25, 0.3) is 11.3 Å². The number of furan rings is 1. The second-order valence-electron chi connectivity index (χ2n) is 5.01. The first-order valence-electron chi connectivity index (χ1n) is 7.25. The fourth-order valence-corrected chi connectivity index (χ4v) is 2.64. The third kappa shape index (κ3) is 4.27. The van der Waals surface area contributed by atoms with Crippen molar-refractivity contribution in [2.75, 3.05) is 5.73 Å². The van der Waals surface area contributed by atoms with Gasteiger partial charge >= 0.3 is 0 Å². The normalized spacial score (nSPS) is 10.9. The number of hydrazone groups is 1. The molecule has 0 saturated carbocycles. The van der Waals surface area contributed by atoms with Crippen molar-refractivity contribution < 1.29 is 14.1 Å². The molecule has 0 aliphatic rings. The topological polar surface area (TPSA) is 150 Å². The van der Waals surface area contributed by atoms with Gasteiger partial charge in [-0.25, -0.2) is 5.43 Å². The Kier molecular flexibility index (Phi) is 4.99. The number of amides is 1. The highest BCUT2D eigenvalue weighted by Crippen LogP contribution is 2.25. The number of nitrogens with zero attached hydrogens (tertiary/aromatic N) is 4. The molecule has 2 heterocycles. The first-order chi connectivity index (χ1) is 12.5. The molecule has 0 unspecified atom stereocenters. The average Bonchev–Trinajstić information content (AvgIpc) is 3.24. The third-order valence-electron chi connectivity index (χ3n) is 3.14. The highest BCUT2D eigenvalue weighted by molar-refractivity contribution is 7.15. The zero-order chi connectivity index (χ0) is 18.5. The Bertz CT molecular complexity index is 980. The van der Waals surface area contributed by atoms with Crippen molar-refractivity contribution in [2.45, 2.75) is 6.42 Å². The second-order valence-corrected chi connectivity index (χ2v) is 6.11. The summed E-state index contributed by atoms with van der Waals surface area (Å²) in [6.07, 6.45) is 1.34. The van der Waals surface area contributed by atoms with Crippen LogP contribution in [0, 0.1) is 10.1 Å². The fourth-order valence-electron chi connectivity index (χ4n) is 2.03.